The van der Waals surface area contributed by atoms with E-state index in [2.05, 4.69) is 45.2 Å². The molecular formula is C13H29NOS. The van der Waals surface area contributed by atoms with Gasteiger partial charge in [0.05, 0.1) is 6.61 Å². The Morgan fingerprint density at radius 1 is 1.25 bits per heavy atom. The van der Waals surface area contributed by atoms with Crippen molar-refractivity contribution >= 4 is 12.6 Å². The molecule has 3 heteroatoms. The first-order valence-corrected chi connectivity index (χ1v) is 7.02. The predicted molar refractivity (Wildman–Crippen MR) is 75.5 cm³/mol. The smallest absolute Gasteiger partial charge is 0.0589 e. The molecule has 98 valence electrons. The molecule has 0 radical (unpaired) electrons. The number of thiol groups is 1. The number of methoxy groups -OCH3 is 1. The van der Waals surface area contributed by atoms with Crippen molar-refractivity contribution in [1.82, 2.24) is 4.90 Å². The highest BCUT2D eigenvalue weighted by Gasteiger charge is 2.28. The molecule has 0 rings (SSSR count). The Morgan fingerprint density at radius 2 is 1.81 bits per heavy atom. The second kappa shape index (κ2) is 8.37. The Balaban J connectivity index is 4.44. The molecule has 0 aliphatic rings. The molecule has 0 atom stereocenters. The Kier molecular flexibility index (Phi) is 8.52. The third-order valence-electron chi connectivity index (χ3n) is 3.69. The zero-order valence-corrected chi connectivity index (χ0v) is 12.5. The van der Waals surface area contributed by atoms with Crippen molar-refractivity contribution in [3.63, 3.8) is 0 Å². The minimum atomic E-state index is 0.362. The van der Waals surface area contributed by atoms with Crippen LogP contribution < -0.4 is 0 Å². The summed E-state index contributed by atoms with van der Waals surface area (Å²) in [6.07, 6.45) is 2.40. The number of hydrogen-bond donors (Lipinski definition) is 1. The predicted octanol–water partition coefficient (Wildman–Crippen LogP) is 3.08. The first-order valence-electron chi connectivity index (χ1n) is 6.39. The SMILES string of the molecule is CCC(CC)(CS)CN(CCOC)C(C)C. The monoisotopic (exact) mass is 247 g/mol. The summed E-state index contributed by atoms with van der Waals surface area (Å²) in [5.74, 6) is 0.968. The van der Waals surface area contributed by atoms with E-state index in [1.807, 2.05) is 0 Å². The van der Waals surface area contributed by atoms with E-state index < -0.39 is 0 Å². The molecule has 0 unspecified atom stereocenters. The Morgan fingerprint density at radius 3 is 2.12 bits per heavy atom. The van der Waals surface area contributed by atoms with E-state index >= 15 is 0 Å². The summed E-state index contributed by atoms with van der Waals surface area (Å²) in [4.78, 5) is 2.51. The van der Waals surface area contributed by atoms with Gasteiger partial charge in [0.2, 0.25) is 0 Å². The van der Waals surface area contributed by atoms with Gasteiger partial charge in [0, 0.05) is 26.2 Å². The van der Waals surface area contributed by atoms with Crippen LogP contribution in [0.4, 0.5) is 0 Å². The molecular weight excluding hydrogens is 218 g/mol. The van der Waals surface area contributed by atoms with Gasteiger partial charge in [0.25, 0.3) is 0 Å². The van der Waals surface area contributed by atoms with Gasteiger partial charge < -0.3 is 4.74 Å². The molecule has 0 saturated heterocycles. The van der Waals surface area contributed by atoms with Gasteiger partial charge in [-0.1, -0.05) is 13.8 Å². The van der Waals surface area contributed by atoms with E-state index in [1.54, 1.807) is 7.11 Å². The zero-order chi connectivity index (χ0) is 12.6. The Labute approximate surface area is 107 Å². The van der Waals surface area contributed by atoms with Crippen LogP contribution in [0.5, 0.6) is 0 Å². The fourth-order valence-corrected chi connectivity index (χ4v) is 2.45. The summed E-state index contributed by atoms with van der Waals surface area (Å²) < 4.78 is 5.18. The largest absolute Gasteiger partial charge is 0.383 e. The highest BCUT2D eigenvalue weighted by molar-refractivity contribution is 7.80. The van der Waals surface area contributed by atoms with Crippen molar-refractivity contribution in [2.45, 2.75) is 46.6 Å². The maximum atomic E-state index is 5.18. The van der Waals surface area contributed by atoms with E-state index in [0.717, 1.165) is 25.4 Å². The van der Waals surface area contributed by atoms with Crippen molar-refractivity contribution < 1.29 is 4.74 Å². The summed E-state index contributed by atoms with van der Waals surface area (Å²) in [6, 6.07) is 0.576. The summed E-state index contributed by atoms with van der Waals surface area (Å²) in [6.45, 7) is 12.0. The average Bonchev–Trinajstić information content (AvgIpc) is 2.30. The van der Waals surface area contributed by atoms with E-state index in [-0.39, 0.29) is 0 Å². The Bertz CT molecular complexity index is 161. The summed E-state index contributed by atoms with van der Waals surface area (Å²) in [5, 5.41) is 0. The van der Waals surface area contributed by atoms with Crippen molar-refractivity contribution in [1.29, 1.82) is 0 Å². The molecule has 0 saturated carbocycles. The van der Waals surface area contributed by atoms with Gasteiger partial charge in [-0.05, 0) is 37.9 Å². The quantitative estimate of drug-likeness (QED) is 0.629. The van der Waals surface area contributed by atoms with Crippen LogP contribution in [0.2, 0.25) is 0 Å². The standard InChI is InChI=1S/C13H29NOS/c1-6-13(7-2,11-16)10-14(12(3)4)8-9-15-5/h12,16H,6-11H2,1-5H3. The van der Waals surface area contributed by atoms with Gasteiger partial charge in [0.1, 0.15) is 0 Å². The number of rotatable bonds is 9. The molecule has 0 aromatic carbocycles. The van der Waals surface area contributed by atoms with Crippen molar-refractivity contribution in [3.05, 3.63) is 0 Å². The third kappa shape index (κ3) is 5.07. The summed E-state index contributed by atoms with van der Waals surface area (Å²) in [7, 11) is 1.77. The molecule has 0 amide bonds. The zero-order valence-electron chi connectivity index (χ0n) is 11.6. The highest BCUT2D eigenvalue weighted by Crippen LogP contribution is 2.29. The van der Waals surface area contributed by atoms with Crippen LogP contribution in [0.25, 0.3) is 0 Å². The molecule has 0 spiro atoms. The molecule has 0 aliphatic carbocycles. The van der Waals surface area contributed by atoms with Gasteiger partial charge in [-0.15, -0.1) is 0 Å². The molecule has 0 aromatic heterocycles. The van der Waals surface area contributed by atoms with Crippen LogP contribution in [-0.4, -0.2) is 43.5 Å². The molecule has 0 N–H and O–H groups in total. The lowest BCUT2D eigenvalue weighted by Crippen LogP contribution is -2.43. The molecule has 0 bridgehead atoms. The lowest BCUT2D eigenvalue weighted by Gasteiger charge is -2.38. The lowest BCUT2D eigenvalue weighted by atomic mass is 9.83. The van der Waals surface area contributed by atoms with E-state index in [1.165, 1.54) is 12.8 Å². The molecule has 16 heavy (non-hydrogen) atoms. The first-order chi connectivity index (χ1) is 7.55. The minimum absolute atomic E-state index is 0.362. The van der Waals surface area contributed by atoms with Gasteiger partial charge in [-0.3, -0.25) is 4.90 Å². The van der Waals surface area contributed by atoms with Crippen molar-refractivity contribution in [3.8, 4) is 0 Å². The number of nitrogens with zero attached hydrogens (tertiary/aromatic N) is 1. The first kappa shape index (κ1) is 16.3. The van der Waals surface area contributed by atoms with Crippen LogP contribution in [-0.2, 0) is 4.74 Å². The van der Waals surface area contributed by atoms with Crippen LogP contribution in [0.3, 0.4) is 0 Å². The number of ether oxygens (including phenoxy) is 1. The Hall–Kier alpha value is 0.270. The lowest BCUT2D eigenvalue weighted by molar-refractivity contribution is 0.0886. The summed E-state index contributed by atoms with van der Waals surface area (Å²) >= 11 is 4.54. The fourth-order valence-electron chi connectivity index (χ4n) is 1.91. The third-order valence-corrected chi connectivity index (χ3v) is 4.36. The van der Waals surface area contributed by atoms with Gasteiger partial charge in [-0.25, -0.2) is 0 Å². The summed E-state index contributed by atoms with van der Waals surface area (Å²) in [5.41, 5.74) is 0.362. The second-order valence-electron chi connectivity index (χ2n) is 4.92. The van der Waals surface area contributed by atoms with Crippen LogP contribution in [0.1, 0.15) is 40.5 Å². The molecule has 2 nitrogen and oxygen atoms in total. The van der Waals surface area contributed by atoms with Gasteiger partial charge >= 0.3 is 0 Å². The van der Waals surface area contributed by atoms with Gasteiger partial charge in [0.15, 0.2) is 0 Å². The molecule has 0 aliphatic heterocycles. The normalized spacial score (nSPS) is 12.8. The number of hydrogen-bond acceptors (Lipinski definition) is 3. The van der Waals surface area contributed by atoms with E-state index in [4.69, 9.17) is 4.74 Å². The van der Waals surface area contributed by atoms with E-state index in [0.29, 0.717) is 11.5 Å². The minimum Gasteiger partial charge on any atom is -0.383 e. The van der Waals surface area contributed by atoms with E-state index in [9.17, 15) is 0 Å². The fraction of sp³-hybridized carbons (Fsp3) is 1.00. The molecule has 0 heterocycles. The van der Waals surface area contributed by atoms with Crippen LogP contribution in [0, 0.1) is 5.41 Å². The van der Waals surface area contributed by atoms with Crippen molar-refractivity contribution in [2.24, 2.45) is 5.41 Å². The highest BCUT2D eigenvalue weighted by atomic mass is 32.1. The van der Waals surface area contributed by atoms with Crippen LogP contribution in [0.15, 0.2) is 0 Å². The second-order valence-corrected chi connectivity index (χ2v) is 5.24. The molecule has 0 aromatic rings. The molecule has 0 fully saturated rings. The van der Waals surface area contributed by atoms with Gasteiger partial charge in [-0.2, -0.15) is 12.6 Å². The maximum Gasteiger partial charge on any atom is 0.0589 e. The topological polar surface area (TPSA) is 12.5 Å². The maximum absolute atomic E-state index is 5.18. The average molecular weight is 247 g/mol. The van der Waals surface area contributed by atoms with Crippen molar-refractivity contribution in [2.75, 3.05) is 32.6 Å². The van der Waals surface area contributed by atoms with Crippen LogP contribution >= 0.6 is 12.6 Å².